The van der Waals surface area contributed by atoms with E-state index in [0.717, 1.165) is 22.0 Å². The van der Waals surface area contributed by atoms with E-state index in [2.05, 4.69) is 5.32 Å². The van der Waals surface area contributed by atoms with Gasteiger partial charge in [0.1, 0.15) is 24.2 Å². The highest BCUT2D eigenvalue weighted by Gasteiger charge is 2.35. The molecule has 0 fully saturated rings. The number of amides is 2. The second-order valence-electron chi connectivity index (χ2n) is 11.5. The number of rotatable bonds is 15. The van der Waals surface area contributed by atoms with E-state index >= 15 is 4.39 Å². The maximum atomic E-state index is 15.1. The number of carbonyl (C=O) groups is 2. The van der Waals surface area contributed by atoms with Gasteiger partial charge in [-0.25, -0.2) is 17.2 Å². The lowest BCUT2D eigenvalue weighted by atomic mass is 10.0. The topological polar surface area (TPSA) is 105 Å². The number of methoxy groups -OCH3 is 2. The van der Waals surface area contributed by atoms with Gasteiger partial charge in [-0.05, 0) is 53.9 Å². The normalized spacial score (nSPS) is 11.9. The number of anilines is 1. The Morgan fingerprint density at radius 3 is 2.10 bits per heavy atom. The van der Waals surface area contributed by atoms with Crippen molar-refractivity contribution in [3.8, 4) is 11.5 Å². The SMILES string of the molecule is COc1ccc(S(=O)(=O)N(CC(=O)N(Cc2ccccc2F)[C@H](Cc2ccccc2)C(=O)NCC(C)C)c2ccc(F)cc2)cc1OC. The van der Waals surface area contributed by atoms with E-state index in [0.29, 0.717) is 6.54 Å². The van der Waals surface area contributed by atoms with Crippen molar-refractivity contribution in [1.82, 2.24) is 10.2 Å². The molecule has 0 spiro atoms. The molecule has 1 N–H and O–H groups in total. The molecule has 254 valence electrons. The minimum absolute atomic E-state index is 0.00533. The van der Waals surface area contributed by atoms with Crippen LogP contribution in [0.1, 0.15) is 25.0 Å². The lowest BCUT2D eigenvalue weighted by Gasteiger charge is -2.34. The number of hydrogen-bond donors (Lipinski definition) is 1. The van der Waals surface area contributed by atoms with Crippen LogP contribution in [-0.4, -0.2) is 58.5 Å². The predicted molar refractivity (Wildman–Crippen MR) is 179 cm³/mol. The van der Waals surface area contributed by atoms with Gasteiger partial charge >= 0.3 is 0 Å². The van der Waals surface area contributed by atoms with E-state index in [4.69, 9.17) is 9.47 Å². The minimum atomic E-state index is -4.51. The first-order valence-electron chi connectivity index (χ1n) is 15.3. The molecule has 0 saturated carbocycles. The highest BCUT2D eigenvalue weighted by atomic mass is 32.2. The zero-order valence-electron chi connectivity index (χ0n) is 27.2. The quantitative estimate of drug-likeness (QED) is 0.176. The van der Waals surface area contributed by atoms with Crippen molar-refractivity contribution in [1.29, 1.82) is 0 Å². The second kappa shape index (κ2) is 16.2. The fourth-order valence-corrected chi connectivity index (χ4v) is 6.46. The van der Waals surface area contributed by atoms with Crippen LogP contribution in [0.2, 0.25) is 0 Å². The molecule has 0 aliphatic carbocycles. The summed E-state index contributed by atoms with van der Waals surface area (Å²) in [7, 11) is -1.75. The molecule has 0 bridgehead atoms. The number of nitrogens with zero attached hydrogens (tertiary/aromatic N) is 2. The first-order valence-corrected chi connectivity index (χ1v) is 16.7. The average molecular weight is 680 g/mol. The Labute approximate surface area is 280 Å². The number of halogens is 2. The third-order valence-electron chi connectivity index (χ3n) is 7.59. The fraction of sp³-hybridized carbons (Fsp3) is 0.278. The van der Waals surface area contributed by atoms with Gasteiger partial charge in [0, 0.05) is 31.1 Å². The average Bonchev–Trinajstić information content (AvgIpc) is 3.08. The summed E-state index contributed by atoms with van der Waals surface area (Å²) in [5, 5.41) is 2.88. The molecule has 0 heterocycles. The Kier molecular flexibility index (Phi) is 12.1. The molecule has 0 aliphatic heterocycles. The summed E-state index contributed by atoms with van der Waals surface area (Å²) in [5.41, 5.74) is 0.868. The van der Waals surface area contributed by atoms with Crippen molar-refractivity contribution in [2.75, 3.05) is 31.6 Å². The molecule has 2 amide bonds. The molecular weight excluding hydrogens is 640 g/mol. The maximum absolute atomic E-state index is 15.1. The summed E-state index contributed by atoms with van der Waals surface area (Å²) < 4.78 is 69.0. The lowest BCUT2D eigenvalue weighted by Crippen LogP contribution is -2.53. The van der Waals surface area contributed by atoms with Gasteiger partial charge in [0.05, 0.1) is 24.8 Å². The molecule has 9 nitrogen and oxygen atoms in total. The number of sulfonamides is 1. The number of ether oxygens (including phenoxy) is 2. The molecule has 4 aromatic carbocycles. The van der Waals surface area contributed by atoms with Crippen molar-refractivity contribution in [2.45, 2.75) is 37.8 Å². The Morgan fingerprint density at radius 2 is 1.48 bits per heavy atom. The van der Waals surface area contributed by atoms with Crippen molar-refractivity contribution in [3.63, 3.8) is 0 Å². The molecule has 48 heavy (non-hydrogen) atoms. The first-order chi connectivity index (χ1) is 22.9. The monoisotopic (exact) mass is 679 g/mol. The third-order valence-corrected chi connectivity index (χ3v) is 9.36. The maximum Gasteiger partial charge on any atom is 0.264 e. The smallest absolute Gasteiger partial charge is 0.264 e. The zero-order chi connectivity index (χ0) is 34.8. The molecule has 4 aromatic rings. The molecule has 0 saturated heterocycles. The van der Waals surface area contributed by atoms with Crippen molar-refractivity contribution < 1.29 is 36.3 Å². The van der Waals surface area contributed by atoms with Gasteiger partial charge < -0.3 is 19.7 Å². The summed E-state index contributed by atoms with van der Waals surface area (Å²) in [6.07, 6.45) is 0.0734. The summed E-state index contributed by atoms with van der Waals surface area (Å²) in [5.74, 6) is -1.95. The van der Waals surface area contributed by atoms with Gasteiger partial charge in [-0.1, -0.05) is 62.4 Å². The van der Waals surface area contributed by atoms with E-state index in [9.17, 15) is 22.4 Å². The summed E-state index contributed by atoms with van der Waals surface area (Å²) in [4.78, 5) is 29.3. The van der Waals surface area contributed by atoms with Crippen molar-refractivity contribution in [2.24, 2.45) is 5.92 Å². The summed E-state index contributed by atoms with van der Waals surface area (Å²) >= 11 is 0. The number of carbonyl (C=O) groups excluding carboxylic acids is 2. The predicted octanol–water partition coefficient (Wildman–Crippen LogP) is 5.59. The van der Waals surface area contributed by atoms with Crippen molar-refractivity contribution in [3.05, 3.63) is 120 Å². The van der Waals surface area contributed by atoms with Crippen LogP contribution in [-0.2, 0) is 32.6 Å². The molecule has 4 rings (SSSR count). The van der Waals surface area contributed by atoms with E-state index in [1.807, 2.05) is 19.9 Å². The standard InChI is InChI=1S/C36H39F2N3O6S/c1-25(2)22-39-36(43)32(20-26-10-6-5-7-11-26)40(23-27-12-8-9-13-31(27)38)35(42)24-41(29-16-14-28(37)15-17-29)48(44,45)30-18-19-33(46-3)34(21-30)47-4/h5-19,21,25,32H,20,22-24H2,1-4H3,(H,39,43)/t32-/m1/s1. The number of nitrogens with one attached hydrogen (secondary N) is 1. The second-order valence-corrected chi connectivity index (χ2v) is 13.3. The highest BCUT2D eigenvalue weighted by Crippen LogP contribution is 2.32. The molecule has 0 unspecified atom stereocenters. The van der Waals surface area contributed by atoms with Crippen LogP contribution < -0.4 is 19.1 Å². The Balaban J connectivity index is 1.83. The van der Waals surface area contributed by atoms with Crippen LogP contribution in [0, 0.1) is 17.6 Å². The van der Waals surface area contributed by atoms with Crippen LogP contribution in [0.25, 0.3) is 0 Å². The highest BCUT2D eigenvalue weighted by molar-refractivity contribution is 7.92. The zero-order valence-corrected chi connectivity index (χ0v) is 28.0. The fourth-order valence-electron chi connectivity index (χ4n) is 5.03. The summed E-state index contributed by atoms with van der Waals surface area (Å²) in [6.45, 7) is 3.05. The van der Waals surface area contributed by atoms with Gasteiger partial charge in [0.2, 0.25) is 11.8 Å². The van der Waals surface area contributed by atoms with Gasteiger partial charge in [-0.2, -0.15) is 0 Å². The van der Waals surface area contributed by atoms with E-state index in [1.54, 1.807) is 30.3 Å². The molecule has 0 aliphatic rings. The van der Waals surface area contributed by atoms with Crippen LogP contribution in [0.15, 0.2) is 102 Å². The Hall–Kier alpha value is -4.97. The largest absolute Gasteiger partial charge is 0.493 e. The Bertz CT molecular complexity index is 1800. The summed E-state index contributed by atoms with van der Waals surface area (Å²) in [6, 6.07) is 22.3. The molecule has 12 heteroatoms. The van der Waals surface area contributed by atoms with E-state index in [1.165, 1.54) is 67.7 Å². The lowest BCUT2D eigenvalue weighted by molar-refractivity contribution is -0.140. The van der Waals surface area contributed by atoms with Gasteiger partial charge in [-0.15, -0.1) is 0 Å². The first kappa shape index (κ1) is 35.9. The van der Waals surface area contributed by atoms with Gasteiger partial charge in [-0.3, -0.25) is 13.9 Å². The van der Waals surface area contributed by atoms with Crippen LogP contribution >= 0.6 is 0 Å². The van der Waals surface area contributed by atoms with E-state index in [-0.39, 0.29) is 46.5 Å². The number of benzene rings is 4. The molecule has 1 atom stereocenters. The van der Waals surface area contributed by atoms with Crippen LogP contribution in [0.4, 0.5) is 14.5 Å². The van der Waals surface area contributed by atoms with Crippen molar-refractivity contribution >= 4 is 27.5 Å². The number of hydrogen-bond acceptors (Lipinski definition) is 6. The molecular formula is C36H39F2N3O6S. The third kappa shape index (κ3) is 8.88. The Morgan fingerprint density at radius 1 is 0.833 bits per heavy atom. The molecule has 0 radical (unpaired) electrons. The van der Waals surface area contributed by atoms with Gasteiger partial charge in [0.15, 0.2) is 11.5 Å². The van der Waals surface area contributed by atoms with Gasteiger partial charge in [0.25, 0.3) is 10.0 Å². The van der Waals surface area contributed by atoms with E-state index < -0.39 is 46.1 Å². The minimum Gasteiger partial charge on any atom is -0.493 e. The van der Waals surface area contributed by atoms with Crippen LogP contribution in [0.3, 0.4) is 0 Å². The van der Waals surface area contributed by atoms with Crippen LogP contribution in [0.5, 0.6) is 11.5 Å². The molecule has 0 aromatic heterocycles.